The molecule has 0 saturated heterocycles. The first-order valence-electron chi connectivity index (χ1n) is 7.57. The van der Waals surface area contributed by atoms with Crippen molar-refractivity contribution < 1.29 is 4.74 Å². The van der Waals surface area contributed by atoms with E-state index in [1.165, 1.54) is 19.3 Å². The second-order valence-corrected chi connectivity index (χ2v) is 6.34. The number of likely N-dealkylation sites (N-methyl/N-ethyl adjacent to an activating group) is 1. The van der Waals surface area contributed by atoms with Crippen molar-refractivity contribution in [2.75, 3.05) is 26.2 Å². The summed E-state index contributed by atoms with van der Waals surface area (Å²) in [6.07, 6.45) is 3.88. The molecular formula is C16H25BrN2O. The topological polar surface area (TPSA) is 38.5 Å². The number of benzene rings is 1. The third-order valence-electron chi connectivity index (χ3n) is 4.24. The van der Waals surface area contributed by atoms with Crippen molar-refractivity contribution in [3.63, 3.8) is 0 Å². The van der Waals surface area contributed by atoms with Crippen LogP contribution >= 0.6 is 15.9 Å². The fourth-order valence-electron chi connectivity index (χ4n) is 3.17. The number of rotatable bonds is 7. The van der Waals surface area contributed by atoms with Crippen LogP contribution in [0.5, 0.6) is 5.75 Å². The fourth-order valence-corrected chi connectivity index (χ4v) is 3.55. The van der Waals surface area contributed by atoms with Gasteiger partial charge in [-0.05, 0) is 50.0 Å². The van der Waals surface area contributed by atoms with Crippen LogP contribution in [-0.2, 0) is 0 Å². The monoisotopic (exact) mass is 340 g/mol. The Balaban J connectivity index is 1.82. The number of nitrogens with zero attached hydrogens (tertiary/aromatic N) is 1. The van der Waals surface area contributed by atoms with E-state index in [1.54, 1.807) is 0 Å². The zero-order valence-electron chi connectivity index (χ0n) is 12.2. The highest BCUT2D eigenvalue weighted by Gasteiger charge is 2.30. The summed E-state index contributed by atoms with van der Waals surface area (Å²) < 4.78 is 6.90. The van der Waals surface area contributed by atoms with E-state index in [0.29, 0.717) is 12.0 Å². The van der Waals surface area contributed by atoms with Gasteiger partial charge in [-0.15, -0.1) is 0 Å². The van der Waals surface area contributed by atoms with Gasteiger partial charge >= 0.3 is 0 Å². The van der Waals surface area contributed by atoms with Gasteiger partial charge < -0.3 is 10.5 Å². The molecule has 1 aromatic rings. The molecule has 1 aromatic carbocycles. The molecule has 4 heteroatoms. The molecule has 0 aliphatic heterocycles. The number of halogens is 1. The lowest BCUT2D eigenvalue weighted by Crippen LogP contribution is -2.42. The van der Waals surface area contributed by atoms with Crippen LogP contribution in [0.1, 0.15) is 26.2 Å². The summed E-state index contributed by atoms with van der Waals surface area (Å²) in [5.74, 6) is 1.60. The first-order chi connectivity index (χ1) is 9.74. The lowest BCUT2D eigenvalue weighted by Gasteiger charge is -2.31. The van der Waals surface area contributed by atoms with Crippen LogP contribution in [0.2, 0.25) is 0 Å². The van der Waals surface area contributed by atoms with E-state index in [0.717, 1.165) is 36.5 Å². The van der Waals surface area contributed by atoms with E-state index in [2.05, 4.69) is 27.8 Å². The molecule has 0 bridgehead atoms. The lowest BCUT2D eigenvalue weighted by molar-refractivity contribution is 0.141. The second kappa shape index (κ2) is 8.01. The summed E-state index contributed by atoms with van der Waals surface area (Å²) in [4.78, 5) is 2.53. The molecule has 0 heterocycles. The minimum absolute atomic E-state index is 0.649. The van der Waals surface area contributed by atoms with Gasteiger partial charge in [0.15, 0.2) is 0 Å². The van der Waals surface area contributed by atoms with Crippen molar-refractivity contribution in [2.24, 2.45) is 11.7 Å². The van der Waals surface area contributed by atoms with E-state index in [-0.39, 0.29) is 0 Å². The van der Waals surface area contributed by atoms with Crippen LogP contribution < -0.4 is 10.5 Å². The van der Waals surface area contributed by atoms with Gasteiger partial charge in [-0.25, -0.2) is 0 Å². The van der Waals surface area contributed by atoms with Gasteiger partial charge in [0.25, 0.3) is 0 Å². The van der Waals surface area contributed by atoms with E-state index >= 15 is 0 Å². The molecule has 2 N–H and O–H groups in total. The highest BCUT2D eigenvalue weighted by molar-refractivity contribution is 9.10. The Labute approximate surface area is 130 Å². The Morgan fingerprint density at radius 2 is 2.25 bits per heavy atom. The molecule has 0 radical (unpaired) electrons. The standard InChI is InChI=1S/C16H25BrN2O/c1-2-19(16-8-3-5-13(16)12-18)9-10-20-15-7-4-6-14(17)11-15/h4,6-7,11,13,16H,2-3,5,8-10,12,18H2,1H3. The third kappa shape index (κ3) is 4.21. The van der Waals surface area contributed by atoms with E-state index < -0.39 is 0 Å². The van der Waals surface area contributed by atoms with Gasteiger partial charge in [0.05, 0.1) is 0 Å². The number of hydrogen-bond acceptors (Lipinski definition) is 3. The minimum Gasteiger partial charge on any atom is -0.492 e. The van der Waals surface area contributed by atoms with Crippen LogP contribution in [0.3, 0.4) is 0 Å². The van der Waals surface area contributed by atoms with Crippen molar-refractivity contribution in [3.05, 3.63) is 28.7 Å². The summed E-state index contributed by atoms with van der Waals surface area (Å²) in [6.45, 7) is 5.82. The molecule has 112 valence electrons. The molecule has 0 aromatic heterocycles. The zero-order chi connectivity index (χ0) is 14.4. The van der Waals surface area contributed by atoms with Crippen LogP contribution in [0.15, 0.2) is 28.7 Å². The Morgan fingerprint density at radius 3 is 2.95 bits per heavy atom. The summed E-state index contributed by atoms with van der Waals surface area (Å²) in [7, 11) is 0. The largest absolute Gasteiger partial charge is 0.492 e. The predicted octanol–water partition coefficient (Wildman–Crippen LogP) is 3.28. The molecule has 20 heavy (non-hydrogen) atoms. The minimum atomic E-state index is 0.649. The third-order valence-corrected chi connectivity index (χ3v) is 4.73. The quantitative estimate of drug-likeness (QED) is 0.827. The van der Waals surface area contributed by atoms with Gasteiger partial charge in [0.2, 0.25) is 0 Å². The Hall–Kier alpha value is -0.580. The first kappa shape index (κ1) is 15.8. The maximum atomic E-state index is 5.89. The normalized spacial score (nSPS) is 22.4. The lowest BCUT2D eigenvalue weighted by atomic mass is 10.0. The highest BCUT2D eigenvalue weighted by Crippen LogP contribution is 2.29. The number of hydrogen-bond donors (Lipinski definition) is 1. The SMILES string of the molecule is CCN(CCOc1cccc(Br)c1)C1CCCC1CN. The molecule has 1 aliphatic carbocycles. The van der Waals surface area contributed by atoms with E-state index in [9.17, 15) is 0 Å². The first-order valence-corrected chi connectivity index (χ1v) is 8.36. The van der Waals surface area contributed by atoms with Crippen molar-refractivity contribution in [1.82, 2.24) is 4.90 Å². The smallest absolute Gasteiger partial charge is 0.120 e. The number of ether oxygens (including phenoxy) is 1. The van der Waals surface area contributed by atoms with Crippen LogP contribution in [0.25, 0.3) is 0 Å². The fraction of sp³-hybridized carbons (Fsp3) is 0.625. The molecule has 0 amide bonds. The van der Waals surface area contributed by atoms with E-state index in [1.807, 2.05) is 24.3 Å². The van der Waals surface area contributed by atoms with Gasteiger partial charge in [-0.1, -0.05) is 35.3 Å². The Bertz CT molecular complexity index is 413. The van der Waals surface area contributed by atoms with Gasteiger partial charge in [0, 0.05) is 17.1 Å². The van der Waals surface area contributed by atoms with Gasteiger partial charge in [-0.3, -0.25) is 4.90 Å². The predicted molar refractivity (Wildman–Crippen MR) is 87.1 cm³/mol. The molecule has 1 saturated carbocycles. The molecule has 0 spiro atoms. The zero-order valence-corrected chi connectivity index (χ0v) is 13.8. The summed E-state index contributed by atoms with van der Waals surface area (Å²) >= 11 is 3.46. The number of nitrogens with two attached hydrogens (primary N) is 1. The average Bonchev–Trinajstić information content (AvgIpc) is 2.92. The summed E-state index contributed by atoms with van der Waals surface area (Å²) in [6, 6.07) is 8.66. The average molecular weight is 341 g/mol. The maximum Gasteiger partial charge on any atom is 0.120 e. The van der Waals surface area contributed by atoms with Crippen molar-refractivity contribution in [1.29, 1.82) is 0 Å². The van der Waals surface area contributed by atoms with Crippen molar-refractivity contribution in [2.45, 2.75) is 32.2 Å². The molecule has 2 rings (SSSR count). The second-order valence-electron chi connectivity index (χ2n) is 5.43. The van der Waals surface area contributed by atoms with Crippen LogP contribution in [0.4, 0.5) is 0 Å². The summed E-state index contributed by atoms with van der Waals surface area (Å²) in [5.41, 5.74) is 5.89. The molecule has 1 fully saturated rings. The molecule has 3 nitrogen and oxygen atoms in total. The Kier molecular flexibility index (Phi) is 6.33. The summed E-state index contributed by atoms with van der Waals surface area (Å²) in [5, 5.41) is 0. The van der Waals surface area contributed by atoms with Crippen LogP contribution in [-0.4, -0.2) is 37.2 Å². The molecule has 2 atom stereocenters. The van der Waals surface area contributed by atoms with Crippen LogP contribution in [0, 0.1) is 5.92 Å². The van der Waals surface area contributed by atoms with E-state index in [4.69, 9.17) is 10.5 Å². The van der Waals surface area contributed by atoms with Gasteiger partial charge in [0.1, 0.15) is 12.4 Å². The van der Waals surface area contributed by atoms with Crippen molar-refractivity contribution >= 4 is 15.9 Å². The Morgan fingerprint density at radius 1 is 1.40 bits per heavy atom. The molecule has 1 aliphatic rings. The molecular weight excluding hydrogens is 316 g/mol. The van der Waals surface area contributed by atoms with Crippen molar-refractivity contribution in [3.8, 4) is 5.75 Å². The van der Waals surface area contributed by atoms with Gasteiger partial charge in [-0.2, -0.15) is 0 Å². The highest BCUT2D eigenvalue weighted by atomic mass is 79.9. The maximum absolute atomic E-state index is 5.89. The molecule has 2 unspecified atom stereocenters.